The van der Waals surface area contributed by atoms with E-state index in [1.54, 1.807) is 0 Å². The molecule has 2 heterocycles. The van der Waals surface area contributed by atoms with E-state index in [9.17, 15) is 4.79 Å². The summed E-state index contributed by atoms with van der Waals surface area (Å²) in [6.07, 6.45) is 2.90. The summed E-state index contributed by atoms with van der Waals surface area (Å²) in [5, 5.41) is 17.9. The summed E-state index contributed by atoms with van der Waals surface area (Å²) in [6, 6.07) is 2.98. The second-order valence-electron chi connectivity index (χ2n) is 3.20. The highest BCUT2D eigenvalue weighted by molar-refractivity contribution is 6.58. The van der Waals surface area contributed by atoms with Crippen molar-refractivity contribution in [2.75, 3.05) is 7.11 Å². The lowest BCUT2D eigenvalue weighted by Crippen LogP contribution is -2.30. The molecule has 0 aliphatic rings. The Hall–Kier alpha value is -1.86. The van der Waals surface area contributed by atoms with Gasteiger partial charge in [-0.15, -0.1) is 0 Å². The van der Waals surface area contributed by atoms with Crippen LogP contribution < -0.4 is 5.46 Å². The van der Waals surface area contributed by atoms with Crippen molar-refractivity contribution in [2.45, 2.75) is 0 Å². The second kappa shape index (κ2) is 3.95. The van der Waals surface area contributed by atoms with Crippen molar-refractivity contribution in [3.63, 3.8) is 0 Å². The minimum absolute atomic E-state index is 0.288. The van der Waals surface area contributed by atoms with E-state index >= 15 is 0 Å². The maximum absolute atomic E-state index is 11.3. The van der Waals surface area contributed by atoms with Crippen LogP contribution in [0, 0.1) is 0 Å². The molecule has 0 bridgehead atoms. The first-order valence-electron chi connectivity index (χ1n) is 4.55. The van der Waals surface area contributed by atoms with Crippen molar-refractivity contribution in [3.05, 3.63) is 30.2 Å². The van der Waals surface area contributed by atoms with Gasteiger partial charge in [-0.1, -0.05) is 0 Å². The fourth-order valence-corrected chi connectivity index (χ4v) is 1.41. The van der Waals surface area contributed by atoms with Crippen LogP contribution in [-0.2, 0) is 4.74 Å². The number of nitrogens with zero attached hydrogens (tertiary/aromatic N) is 2. The molecule has 0 aromatic carbocycles. The van der Waals surface area contributed by atoms with Gasteiger partial charge in [0.25, 0.3) is 0 Å². The number of esters is 1. The van der Waals surface area contributed by atoms with Crippen LogP contribution in [0.2, 0.25) is 0 Å². The number of methoxy groups -OCH3 is 1. The van der Waals surface area contributed by atoms with Gasteiger partial charge in [-0.3, -0.25) is 4.40 Å². The highest BCUT2D eigenvalue weighted by atomic mass is 16.5. The van der Waals surface area contributed by atoms with Gasteiger partial charge in [0.2, 0.25) is 0 Å². The molecule has 82 valence electrons. The molecule has 2 N–H and O–H groups in total. The molecule has 0 aliphatic carbocycles. The number of aromatic nitrogens is 2. The highest BCUT2D eigenvalue weighted by Gasteiger charge is 2.15. The summed E-state index contributed by atoms with van der Waals surface area (Å²) in [5.41, 5.74) is 1.05. The molecular weight excluding hydrogens is 211 g/mol. The molecule has 2 aromatic heterocycles. The zero-order valence-corrected chi connectivity index (χ0v) is 8.49. The maximum atomic E-state index is 11.3. The summed E-state index contributed by atoms with van der Waals surface area (Å²) in [4.78, 5) is 15.3. The van der Waals surface area contributed by atoms with Crippen LogP contribution in [0.3, 0.4) is 0 Å². The maximum Gasteiger partial charge on any atom is 0.488 e. The van der Waals surface area contributed by atoms with Crippen LogP contribution in [0.4, 0.5) is 0 Å². The third kappa shape index (κ3) is 1.66. The molecule has 0 saturated carbocycles. The molecule has 0 radical (unpaired) electrons. The quantitative estimate of drug-likeness (QED) is 0.490. The van der Waals surface area contributed by atoms with Gasteiger partial charge in [0.05, 0.1) is 13.3 Å². The normalized spacial score (nSPS) is 10.4. The first kappa shape index (κ1) is 10.7. The molecule has 0 atom stereocenters. The Bertz CT molecular complexity index is 537. The molecule has 0 fully saturated rings. The largest absolute Gasteiger partial charge is 0.488 e. The number of hydrogen-bond donors (Lipinski definition) is 2. The Labute approximate surface area is 91.3 Å². The van der Waals surface area contributed by atoms with Gasteiger partial charge in [-0.05, 0) is 17.6 Å². The van der Waals surface area contributed by atoms with Gasteiger partial charge in [0.1, 0.15) is 5.65 Å². The van der Waals surface area contributed by atoms with Gasteiger partial charge < -0.3 is 14.8 Å². The lowest BCUT2D eigenvalue weighted by Gasteiger charge is -2.02. The zero-order chi connectivity index (χ0) is 11.7. The van der Waals surface area contributed by atoms with Gasteiger partial charge >= 0.3 is 13.1 Å². The number of rotatable bonds is 2. The highest BCUT2D eigenvalue weighted by Crippen LogP contribution is 2.06. The Kier molecular flexibility index (Phi) is 2.63. The van der Waals surface area contributed by atoms with E-state index in [1.165, 1.54) is 36.0 Å². The van der Waals surface area contributed by atoms with Crippen LogP contribution in [0.1, 0.15) is 10.5 Å². The Balaban J connectivity index is 2.54. The molecular formula is C9H9BN2O4. The minimum Gasteiger partial charge on any atom is -0.464 e. The number of carbonyl (C=O) groups is 1. The molecule has 0 spiro atoms. The van der Waals surface area contributed by atoms with Crippen molar-refractivity contribution in [3.8, 4) is 0 Å². The first-order chi connectivity index (χ1) is 7.63. The summed E-state index contributed by atoms with van der Waals surface area (Å²) >= 11 is 0. The summed E-state index contributed by atoms with van der Waals surface area (Å²) in [6.45, 7) is 0. The number of ether oxygens (including phenoxy) is 1. The predicted molar refractivity (Wildman–Crippen MR) is 56.4 cm³/mol. The molecule has 16 heavy (non-hydrogen) atoms. The van der Waals surface area contributed by atoms with Crippen molar-refractivity contribution in [1.29, 1.82) is 0 Å². The topological polar surface area (TPSA) is 84.1 Å². The van der Waals surface area contributed by atoms with Crippen LogP contribution >= 0.6 is 0 Å². The van der Waals surface area contributed by atoms with Crippen molar-refractivity contribution in [1.82, 2.24) is 9.38 Å². The van der Waals surface area contributed by atoms with E-state index in [0.717, 1.165) is 0 Å². The van der Waals surface area contributed by atoms with Crippen LogP contribution in [0.15, 0.2) is 24.5 Å². The molecule has 0 saturated heterocycles. The van der Waals surface area contributed by atoms with Crippen molar-refractivity contribution < 1.29 is 19.6 Å². The van der Waals surface area contributed by atoms with E-state index in [4.69, 9.17) is 10.0 Å². The van der Waals surface area contributed by atoms with Crippen LogP contribution in [-0.4, -0.2) is 39.6 Å². The predicted octanol–water partition coefficient (Wildman–Crippen LogP) is -1.20. The van der Waals surface area contributed by atoms with E-state index < -0.39 is 13.1 Å². The van der Waals surface area contributed by atoms with E-state index in [-0.39, 0.29) is 5.69 Å². The monoisotopic (exact) mass is 220 g/mol. The standard InChI is InChI=1S/C9H9BN2O4/c1-16-9(13)7-5-11-8-4-6(10(14)15)2-3-12(7)8/h2-5,14-15H,1H3. The van der Waals surface area contributed by atoms with Crippen LogP contribution in [0.25, 0.3) is 5.65 Å². The third-order valence-corrected chi connectivity index (χ3v) is 2.23. The lowest BCUT2D eigenvalue weighted by atomic mass is 9.81. The molecule has 0 amide bonds. The molecule has 7 heteroatoms. The molecule has 6 nitrogen and oxygen atoms in total. The van der Waals surface area contributed by atoms with Gasteiger partial charge in [-0.2, -0.15) is 0 Å². The van der Waals surface area contributed by atoms with Gasteiger partial charge in [-0.25, -0.2) is 9.78 Å². The Morgan fingerprint density at radius 2 is 2.31 bits per heavy atom. The molecule has 0 aliphatic heterocycles. The summed E-state index contributed by atoms with van der Waals surface area (Å²) < 4.78 is 6.09. The Morgan fingerprint density at radius 3 is 2.94 bits per heavy atom. The molecule has 2 aromatic rings. The average molecular weight is 220 g/mol. The number of pyridine rings is 1. The van der Waals surface area contributed by atoms with Crippen LogP contribution in [0.5, 0.6) is 0 Å². The molecule has 0 unspecified atom stereocenters. The van der Waals surface area contributed by atoms with E-state index in [1.807, 2.05) is 0 Å². The number of hydrogen-bond acceptors (Lipinski definition) is 5. The number of imidazole rings is 1. The van der Waals surface area contributed by atoms with Gasteiger partial charge in [0, 0.05) is 6.20 Å². The smallest absolute Gasteiger partial charge is 0.464 e. The van der Waals surface area contributed by atoms with Crippen molar-refractivity contribution >= 4 is 24.2 Å². The van der Waals surface area contributed by atoms with E-state index in [2.05, 4.69) is 9.72 Å². The minimum atomic E-state index is -1.55. The summed E-state index contributed by atoms with van der Waals surface area (Å²) in [5.74, 6) is -0.496. The fraction of sp³-hybridized carbons (Fsp3) is 0.111. The first-order valence-corrected chi connectivity index (χ1v) is 4.55. The summed E-state index contributed by atoms with van der Waals surface area (Å²) in [7, 11) is -0.267. The molecule has 2 rings (SSSR count). The number of carbonyl (C=O) groups excluding carboxylic acids is 1. The third-order valence-electron chi connectivity index (χ3n) is 2.23. The Morgan fingerprint density at radius 1 is 1.56 bits per heavy atom. The zero-order valence-electron chi connectivity index (χ0n) is 8.49. The SMILES string of the molecule is COC(=O)c1cnc2cc(B(O)O)ccn12. The lowest BCUT2D eigenvalue weighted by molar-refractivity contribution is 0.0593. The average Bonchev–Trinajstić information content (AvgIpc) is 2.70. The number of fused-ring (bicyclic) bond motifs is 1. The van der Waals surface area contributed by atoms with Gasteiger partial charge in [0.15, 0.2) is 5.69 Å². The fourth-order valence-electron chi connectivity index (χ4n) is 1.41. The second-order valence-corrected chi connectivity index (χ2v) is 3.20. The van der Waals surface area contributed by atoms with Crippen molar-refractivity contribution in [2.24, 2.45) is 0 Å². The van der Waals surface area contributed by atoms with E-state index in [0.29, 0.717) is 11.1 Å².